The number of carbonyl (C=O) groups excluding carboxylic acids is 2. The van der Waals surface area contributed by atoms with Gasteiger partial charge in [-0.2, -0.15) is 13.2 Å². The quantitative estimate of drug-likeness (QED) is 0.235. The minimum absolute atomic E-state index is 0.174. The maximum Gasteiger partial charge on any atom is 0.420 e. The van der Waals surface area contributed by atoms with Crippen LogP contribution in [0, 0.1) is 0 Å². The van der Waals surface area contributed by atoms with Crippen LogP contribution < -0.4 is 14.9 Å². The summed E-state index contributed by atoms with van der Waals surface area (Å²) >= 11 is 5.58. The summed E-state index contributed by atoms with van der Waals surface area (Å²) in [6.45, 7) is 0. The average Bonchev–Trinajstić information content (AvgIpc) is 3.18. The minimum atomic E-state index is -4.70. The molecule has 1 amide bonds. The number of amides is 1. The number of hydrogen-bond acceptors (Lipinski definition) is 5. The first-order valence-electron chi connectivity index (χ1n) is 10.7. The number of carbonyl (C=O) groups is 2. The van der Waals surface area contributed by atoms with Gasteiger partial charge in [-0.1, -0.05) is 36.4 Å². The zero-order valence-electron chi connectivity index (χ0n) is 18.9. The number of fused-ring (bicyclic) bond motifs is 1. The van der Waals surface area contributed by atoms with Crippen molar-refractivity contribution in [2.75, 3.05) is 12.4 Å². The summed E-state index contributed by atoms with van der Waals surface area (Å²) in [6.07, 6.45) is -3.07. The van der Waals surface area contributed by atoms with Crippen LogP contribution in [-0.4, -0.2) is 25.0 Å². The van der Waals surface area contributed by atoms with Gasteiger partial charge in [0.05, 0.1) is 12.7 Å². The van der Waals surface area contributed by atoms with Gasteiger partial charge in [-0.15, -0.1) is 0 Å². The van der Waals surface area contributed by atoms with E-state index in [1.807, 2.05) is 0 Å². The monoisotopic (exact) mass is 516 g/mol. The lowest BCUT2D eigenvalue weighted by Crippen LogP contribution is -2.33. The van der Waals surface area contributed by atoms with E-state index >= 15 is 0 Å². The predicted octanol–water partition coefficient (Wildman–Crippen LogP) is 5.82. The zero-order valence-corrected chi connectivity index (χ0v) is 19.6. The summed E-state index contributed by atoms with van der Waals surface area (Å²) in [5.74, 6) is -1.14. The topological polar surface area (TPSA) is 76.7 Å². The van der Waals surface area contributed by atoms with Gasteiger partial charge >= 0.3 is 12.1 Å². The van der Waals surface area contributed by atoms with E-state index in [1.54, 1.807) is 36.4 Å². The van der Waals surface area contributed by atoms with E-state index in [-0.39, 0.29) is 35.0 Å². The molecule has 1 heterocycles. The van der Waals surface area contributed by atoms with Crippen LogP contribution in [-0.2, 0) is 26.9 Å². The number of anilines is 1. The number of alkyl halides is 3. The molecule has 0 aliphatic carbocycles. The van der Waals surface area contributed by atoms with Crippen molar-refractivity contribution in [1.82, 2.24) is 4.84 Å². The van der Waals surface area contributed by atoms with Crippen molar-refractivity contribution in [2.24, 2.45) is 0 Å². The first-order chi connectivity index (χ1) is 17.2. The fourth-order valence-electron chi connectivity index (χ4n) is 3.76. The average molecular weight is 517 g/mol. The minimum Gasteiger partial charge on any atom is -0.468 e. The van der Waals surface area contributed by atoms with E-state index in [2.05, 4.69) is 14.9 Å². The fraction of sp³-hybridized carbons (Fsp3) is 0.154. The highest BCUT2D eigenvalue weighted by molar-refractivity contribution is 6.34. The Morgan fingerprint density at radius 3 is 2.50 bits per heavy atom. The number of hydrogen-bond donors (Lipinski definition) is 2. The van der Waals surface area contributed by atoms with E-state index in [4.69, 9.17) is 16.5 Å². The molecule has 1 aliphatic heterocycles. The van der Waals surface area contributed by atoms with Crippen LogP contribution in [0.15, 0.2) is 66.7 Å². The van der Waals surface area contributed by atoms with Gasteiger partial charge in [0.25, 0.3) is 5.91 Å². The van der Waals surface area contributed by atoms with Gasteiger partial charge in [-0.3, -0.25) is 9.59 Å². The molecule has 0 unspecified atom stereocenters. The van der Waals surface area contributed by atoms with Crippen LogP contribution in [0.5, 0.6) is 11.5 Å². The molecule has 2 N–H and O–H groups in total. The summed E-state index contributed by atoms with van der Waals surface area (Å²) in [5, 5.41) is 2.69. The molecular weight excluding hydrogens is 497 g/mol. The van der Waals surface area contributed by atoms with Crippen LogP contribution in [0.1, 0.15) is 22.3 Å². The van der Waals surface area contributed by atoms with Crippen LogP contribution in [0.2, 0.25) is 0 Å². The first-order valence-corrected chi connectivity index (χ1v) is 11.1. The predicted molar refractivity (Wildman–Crippen MR) is 129 cm³/mol. The first kappa shape index (κ1) is 25.3. The molecule has 6 nitrogen and oxygen atoms in total. The van der Waals surface area contributed by atoms with Gasteiger partial charge in [0.1, 0.15) is 17.5 Å². The Labute approximate surface area is 209 Å². The van der Waals surface area contributed by atoms with Gasteiger partial charge in [0.2, 0.25) is 0 Å². The van der Waals surface area contributed by atoms with Crippen molar-refractivity contribution in [3.63, 3.8) is 0 Å². The van der Waals surface area contributed by atoms with E-state index in [0.717, 1.165) is 6.07 Å². The molecule has 0 spiro atoms. The van der Waals surface area contributed by atoms with Crippen molar-refractivity contribution < 1.29 is 32.2 Å². The lowest BCUT2D eigenvalue weighted by atomic mass is 10.0. The second-order valence-corrected chi connectivity index (χ2v) is 8.16. The van der Waals surface area contributed by atoms with Crippen molar-refractivity contribution in [1.29, 1.82) is 0 Å². The third-order valence-corrected chi connectivity index (χ3v) is 5.80. The molecular formula is C26H20ClF3N2O4. The van der Waals surface area contributed by atoms with Crippen molar-refractivity contribution in [2.45, 2.75) is 18.6 Å². The van der Waals surface area contributed by atoms with Gasteiger partial charge < -0.3 is 14.8 Å². The number of esters is 1. The fourth-order valence-corrected chi connectivity index (χ4v) is 3.93. The molecule has 1 aliphatic rings. The summed E-state index contributed by atoms with van der Waals surface area (Å²) in [7, 11) is 1.24. The molecule has 0 saturated heterocycles. The summed E-state index contributed by atoms with van der Waals surface area (Å²) in [4.78, 5) is 26.3. The summed E-state index contributed by atoms with van der Waals surface area (Å²) in [5.41, 5.74) is 1.42. The number of methoxy groups -OCH3 is 1. The molecule has 0 saturated carbocycles. The summed E-state index contributed by atoms with van der Waals surface area (Å²) < 4.78 is 51.8. The second kappa shape index (κ2) is 10.4. The maximum atomic E-state index is 13.9. The van der Waals surface area contributed by atoms with E-state index < -0.39 is 23.8 Å². The number of ether oxygens (including phenoxy) is 2. The molecule has 0 aromatic heterocycles. The van der Waals surface area contributed by atoms with Crippen molar-refractivity contribution in [3.8, 4) is 11.5 Å². The van der Waals surface area contributed by atoms with Crippen molar-refractivity contribution >= 4 is 41.0 Å². The smallest absolute Gasteiger partial charge is 0.420 e. The molecule has 186 valence electrons. The molecule has 0 fully saturated rings. The number of para-hydroxylation sites is 1. The van der Waals surface area contributed by atoms with Gasteiger partial charge in [-0.05, 0) is 65.7 Å². The van der Waals surface area contributed by atoms with Gasteiger partial charge in [0, 0.05) is 16.8 Å². The maximum absolute atomic E-state index is 13.9. The highest BCUT2D eigenvalue weighted by Crippen LogP contribution is 2.40. The summed E-state index contributed by atoms with van der Waals surface area (Å²) in [6, 6.07) is 16.0. The molecule has 0 radical (unpaired) electrons. The lowest BCUT2D eigenvalue weighted by molar-refractivity contribution is -0.142. The van der Waals surface area contributed by atoms with Gasteiger partial charge in [-0.25, -0.2) is 4.84 Å². The molecule has 10 heteroatoms. The number of benzene rings is 3. The Morgan fingerprint density at radius 1 is 1.11 bits per heavy atom. The largest absolute Gasteiger partial charge is 0.468 e. The standard InChI is InChI=1S/C26H20ClF3N2O4/c1-35-25(34)22(32-27)14-15-6-9-17(10-7-15)36-23-11-8-16(13-20(23)26(28,29)30)12-19-18-4-2-3-5-21(18)31-24(19)33/h2-13,22,32H,14H2,1H3,(H,31,33)/b19-12+/t22-/m0/s1. The number of rotatable bonds is 7. The number of halogens is 4. The molecule has 1 atom stereocenters. The third kappa shape index (κ3) is 5.53. The molecule has 3 aromatic rings. The zero-order chi connectivity index (χ0) is 25.9. The van der Waals surface area contributed by atoms with Gasteiger partial charge in [0.15, 0.2) is 0 Å². The Hall–Kier alpha value is -3.82. The number of nitrogens with one attached hydrogen (secondary N) is 2. The second-order valence-electron chi connectivity index (χ2n) is 7.95. The molecule has 4 rings (SSSR count). The Bertz CT molecular complexity index is 1320. The van der Waals surface area contributed by atoms with E-state index in [1.165, 1.54) is 37.5 Å². The van der Waals surface area contributed by atoms with Crippen molar-refractivity contribution in [3.05, 3.63) is 89.0 Å². The van der Waals surface area contributed by atoms with E-state index in [0.29, 0.717) is 16.8 Å². The van der Waals surface area contributed by atoms with Crippen LogP contribution in [0.4, 0.5) is 18.9 Å². The van der Waals surface area contributed by atoms with Crippen LogP contribution >= 0.6 is 11.8 Å². The Morgan fingerprint density at radius 2 is 1.83 bits per heavy atom. The normalized spacial score (nSPS) is 14.8. The van der Waals surface area contributed by atoms with Crippen LogP contribution in [0.3, 0.4) is 0 Å². The molecule has 36 heavy (non-hydrogen) atoms. The molecule has 3 aromatic carbocycles. The van der Waals surface area contributed by atoms with Crippen LogP contribution in [0.25, 0.3) is 11.6 Å². The van der Waals surface area contributed by atoms with E-state index in [9.17, 15) is 22.8 Å². The highest BCUT2D eigenvalue weighted by atomic mass is 35.5. The third-order valence-electron chi connectivity index (χ3n) is 5.54. The highest BCUT2D eigenvalue weighted by Gasteiger charge is 2.35. The Balaban J connectivity index is 1.58. The molecule has 0 bridgehead atoms. The Kier molecular flexibility index (Phi) is 7.32. The SMILES string of the molecule is COC(=O)[C@H](Cc1ccc(Oc2ccc(/C=C3/C(=O)Nc4ccccc43)cc2C(F)(F)F)cc1)NCl. The lowest BCUT2D eigenvalue weighted by Gasteiger charge is -2.15.